The number of sulfonamides is 1. The number of nitrogens with zero attached hydrogens (tertiary/aromatic N) is 4. The summed E-state index contributed by atoms with van der Waals surface area (Å²) in [7, 11) is 2.71. The number of likely N-dealkylation sites (N-methyl/N-ethyl adjacent to an activating group) is 2. The van der Waals surface area contributed by atoms with E-state index in [1.807, 2.05) is 19.0 Å². The van der Waals surface area contributed by atoms with E-state index >= 15 is 0 Å². The average Bonchev–Trinajstić information content (AvgIpc) is 3.24. The monoisotopic (exact) mass is 526 g/mol. The molecular formula is C26H30N4O6S. The maximum Gasteiger partial charge on any atom is 0.296 e. The van der Waals surface area contributed by atoms with Crippen molar-refractivity contribution in [3.05, 3.63) is 65.2 Å². The van der Waals surface area contributed by atoms with Crippen molar-refractivity contribution < 1.29 is 27.9 Å². The molecule has 1 N–H and O–H groups in total. The second-order valence-electron chi connectivity index (χ2n) is 9.40. The van der Waals surface area contributed by atoms with E-state index in [-0.39, 0.29) is 22.6 Å². The maximum atomic E-state index is 14.1. The fraction of sp³-hybridized carbons (Fsp3) is 0.346. The maximum absolute atomic E-state index is 14.1. The molecule has 1 spiro atoms. The van der Waals surface area contributed by atoms with Crippen molar-refractivity contribution in [2.75, 3.05) is 52.7 Å². The number of Topliss-reactive ketones (excluding diaryl/α,β-unsaturated/α-hetero) is 1. The fourth-order valence-electron chi connectivity index (χ4n) is 4.92. The van der Waals surface area contributed by atoms with Gasteiger partial charge >= 0.3 is 0 Å². The molecule has 1 saturated heterocycles. The number of likely N-dealkylation sites (tertiary alicyclic amines) is 1. The SMILES string of the molecule is CCN1C(=O)C2(C(=C(O)c3ccc(S(=O)(=O)N(C)C)cc3)C(=O)C(=O)N2CCN(C)C)c2ccccc21. The molecule has 2 aromatic carbocycles. The average molecular weight is 527 g/mol. The smallest absolute Gasteiger partial charge is 0.296 e. The van der Waals surface area contributed by atoms with Crippen molar-refractivity contribution in [1.29, 1.82) is 0 Å². The molecule has 37 heavy (non-hydrogen) atoms. The summed E-state index contributed by atoms with van der Waals surface area (Å²) in [5.41, 5.74) is -1.05. The number of rotatable bonds is 7. The molecule has 1 unspecified atom stereocenters. The van der Waals surface area contributed by atoms with Gasteiger partial charge in [0, 0.05) is 44.9 Å². The molecule has 2 aliphatic heterocycles. The Hall–Kier alpha value is -3.54. The second-order valence-corrected chi connectivity index (χ2v) is 11.6. The summed E-state index contributed by atoms with van der Waals surface area (Å²) in [5.74, 6) is -2.89. The van der Waals surface area contributed by atoms with Crippen molar-refractivity contribution in [3.8, 4) is 0 Å². The number of amides is 2. The second kappa shape index (κ2) is 9.40. The summed E-state index contributed by atoms with van der Waals surface area (Å²) in [4.78, 5) is 45.6. The molecule has 2 heterocycles. The Labute approximate surface area is 216 Å². The van der Waals surface area contributed by atoms with Crippen LogP contribution in [0.4, 0.5) is 5.69 Å². The lowest BCUT2D eigenvalue weighted by Crippen LogP contribution is -2.53. The predicted octanol–water partition coefficient (Wildman–Crippen LogP) is 1.44. The number of para-hydroxylation sites is 1. The van der Waals surface area contributed by atoms with Crippen LogP contribution in [0.5, 0.6) is 0 Å². The van der Waals surface area contributed by atoms with Crippen LogP contribution in [0.3, 0.4) is 0 Å². The first-order chi connectivity index (χ1) is 17.4. The third-order valence-electron chi connectivity index (χ3n) is 6.80. The molecular weight excluding hydrogens is 496 g/mol. The van der Waals surface area contributed by atoms with Crippen molar-refractivity contribution in [1.82, 2.24) is 14.1 Å². The summed E-state index contributed by atoms with van der Waals surface area (Å²) in [6.45, 7) is 2.55. The van der Waals surface area contributed by atoms with Gasteiger partial charge in [0.15, 0.2) is 5.54 Å². The van der Waals surface area contributed by atoms with Gasteiger partial charge in [0.25, 0.3) is 17.6 Å². The third-order valence-corrected chi connectivity index (χ3v) is 8.63. The molecule has 0 aliphatic carbocycles. The van der Waals surface area contributed by atoms with Crippen LogP contribution in [0, 0.1) is 0 Å². The molecule has 1 atom stereocenters. The van der Waals surface area contributed by atoms with E-state index in [0.29, 0.717) is 24.3 Å². The van der Waals surface area contributed by atoms with Crippen LogP contribution >= 0.6 is 0 Å². The van der Waals surface area contributed by atoms with E-state index in [4.69, 9.17) is 0 Å². The number of carbonyl (C=O) groups excluding carboxylic acids is 3. The lowest BCUT2D eigenvalue weighted by molar-refractivity contribution is -0.143. The van der Waals surface area contributed by atoms with Crippen LogP contribution in [0.1, 0.15) is 18.1 Å². The molecule has 0 saturated carbocycles. The summed E-state index contributed by atoms with van der Waals surface area (Å²) in [6, 6.07) is 12.3. The van der Waals surface area contributed by atoms with Gasteiger partial charge in [-0.25, -0.2) is 12.7 Å². The van der Waals surface area contributed by atoms with E-state index in [9.17, 15) is 27.9 Å². The number of aliphatic hydroxyl groups is 1. The van der Waals surface area contributed by atoms with Gasteiger partial charge in [-0.05, 0) is 51.4 Å². The molecule has 2 amide bonds. The first kappa shape index (κ1) is 26.5. The third kappa shape index (κ3) is 3.85. The van der Waals surface area contributed by atoms with Crippen molar-refractivity contribution in [3.63, 3.8) is 0 Å². The zero-order valence-corrected chi connectivity index (χ0v) is 22.2. The summed E-state index contributed by atoms with van der Waals surface area (Å²) < 4.78 is 26.0. The number of ketones is 1. The molecule has 10 nitrogen and oxygen atoms in total. The van der Waals surface area contributed by atoms with Crippen LogP contribution < -0.4 is 4.90 Å². The van der Waals surface area contributed by atoms with E-state index in [1.165, 1.54) is 48.2 Å². The molecule has 0 aromatic heterocycles. The molecule has 1 fully saturated rings. The van der Waals surface area contributed by atoms with Gasteiger partial charge in [-0.2, -0.15) is 0 Å². The number of hydrogen-bond acceptors (Lipinski definition) is 7. The van der Waals surface area contributed by atoms with Gasteiger partial charge < -0.3 is 19.8 Å². The highest BCUT2D eigenvalue weighted by Gasteiger charge is 2.66. The number of carbonyl (C=O) groups is 3. The van der Waals surface area contributed by atoms with Gasteiger partial charge in [0.2, 0.25) is 10.0 Å². The Balaban J connectivity index is 1.98. The van der Waals surface area contributed by atoms with Crippen LogP contribution in [0.2, 0.25) is 0 Å². The van der Waals surface area contributed by atoms with E-state index in [1.54, 1.807) is 31.2 Å². The number of hydrogen-bond donors (Lipinski definition) is 1. The minimum atomic E-state index is -3.72. The van der Waals surface area contributed by atoms with Crippen LogP contribution in [-0.4, -0.2) is 93.1 Å². The van der Waals surface area contributed by atoms with E-state index in [0.717, 1.165) is 4.31 Å². The zero-order valence-electron chi connectivity index (χ0n) is 21.4. The van der Waals surface area contributed by atoms with Gasteiger partial charge in [0.1, 0.15) is 5.76 Å². The van der Waals surface area contributed by atoms with Gasteiger partial charge in [0.05, 0.1) is 16.2 Å². The fourth-order valence-corrected chi connectivity index (χ4v) is 5.82. The molecule has 0 bridgehead atoms. The Kier molecular flexibility index (Phi) is 6.74. The minimum Gasteiger partial charge on any atom is -0.507 e. The lowest BCUT2D eigenvalue weighted by Gasteiger charge is -2.35. The van der Waals surface area contributed by atoms with Crippen molar-refractivity contribution in [2.45, 2.75) is 17.4 Å². The normalized spacial score (nSPS) is 21.1. The van der Waals surface area contributed by atoms with Gasteiger partial charge in [-0.3, -0.25) is 14.4 Å². The Morgan fingerprint density at radius 1 is 0.973 bits per heavy atom. The number of fused-ring (bicyclic) bond motifs is 2. The van der Waals surface area contributed by atoms with Gasteiger partial charge in [-0.1, -0.05) is 18.2 Å². The molecule has 2 aromatic rings. The largest absolute Gasteiger partial charge is 0.507 e. The molecule has 4 rings (SSSR count). The summed E-state index contributed by atoms with van der Waals surface area (Å²) in [6.07, 6.45) is 0. The van der Waals surface area contributed by atoms with E-state index in [2.05, 4.69) is 0 Å². The highest BCUT2D eigenvalue weighted by molar-refractivity contribution is 7.89. The predicted molar refractivity (Wildman–Crippen MR) is 138 cm³/mol. The number of benzene rings is 2. The quantitative estimate of drug-likeness (QED) is 0.330. The molecule has 2 aliphatic rings. The standard InChI is InChI=1S/C26H30N4O6S/c1-6-29-20-10-8-7-9-19(20)26(25(29)34)21(23(32)24(33)30(26)16-15-27(2)3)22(31)17-11-13-18(14-12-17)37(35,36)28(4)5/h7-14,31H,6,15-16H2,1-5H3. The highest BCUT2D eigenvalue weighted by Crippen LogP contribution is 2.53. The first-order valence-corrected chi connectivity index (χ1v) is 13.2. The van der Waals surface area contributed by atoms with Gasteiger partial charge in [-0.15, -0.1) is 0 Å². The van der Waals surface area contributed by atoms with Crippen molar-refractivity contribution >= 4 is 39.1 Å². The Morgan fingerprint density at radius 3 is 2.16 bits per heavy atom. The zero-order chi connectivity index (χ0) is 27.3. The highest BCUT2D eigenvalue weighted by atomic mass is 32.2. The first-order valence-electron chi connectivity index (χ1n) is 11.8. The van der Waals surface area contributed by atoms with Crippen molar-refractivity contribution in [2.24, 2.45) is 0 Å². The topological polar surface area (TPSA) is 119 Å². The van der Waals surface area contributed by atoms with Crippen LogP contribution in [-0.2, 0) is 29.9 Å². The van der Waals surface area contributed by atoms with E-state index < -0.39 is 38.9 Å². The van der Waals surface area contributed by atoms with Crippen LogP contribution in [0.25, 0.3) is 5.76 Å². The molecule has 11 heteroatoms. The summed E-state index contributed by atoms with van der Waals surface area (Å²) >= 11 is 0. The Morgan fingerprint density at radius 2 is 1.59 bits per heavy atom. The number of aliphatic hydroxyl groups excluding tert-OH is 1. The minimum absolute atomic E-state index is 0.00496. The molecule has 196 valence electrons. The summed E-state index contributed by atoms with van der Waals surface area (Å²) in [5, 5.41) is 11.5. The number of anilines is 1. The lowest BCUT2D eigenvalue weighted by atomic mass is 9.82. The Bertz CT molecular complexity index is 1410. The molecule has 0 radical (unpaired) electrons. The van der Waals surface area contributed by atoms with Crippen LogP contribution in [0.15, 0.2) is 59.0 Å².